The fourth-order valence-corrected chi connectivity index (χ4v) is 5.15. The number of pyridine rings is 1. The summed E-state index contributed by atoms with van der Waals surface area (Å²) in [7, 11) is 0. The van der Waals surface area contributed by atoms with E-state index in [1.807, 2.05) is 48.8 Å². The number of hydrogen-bond acceptors (Lipinski definition) is 7. The lowest BCUT2D eigenvalue weighted by Crippen LogP contribution is -2.46. The number of hydrogen-bond donors (Lipinski definition) is 3. The molecule has 0 bridgehead atoms. The highest BCUT2D eigenvalue weighted by atomic mass is 35.5. The Balaban J connectivity index is 0.000000273. The summed E-state index contributed by atoms with van der Waals surface area (Å²) < 4.78 is 13.1. The molecular formula is C32H38Cl2FN5O2. The maximum Gasteiger partial charge on any atom is 0.138 e. The van der Waals surface area contributed by atoms with Crippen LogP contribution in [0.25, 0.3) is 11.1 Å². The Morgan fingerprint density at radius 2 is 1.21 bits per heavy atom. The molecule has 2 aliphatic rings. The molecule has 2 aliphatic heterocycles. The summed E-state index contributed by atoms with van der Waals surface area (Å²) >= 11 is 0. The van der Waals surface area contributed by atoms with Crippen LogP contribution >= 0.6 is 24.8 Å². The Morgan fingerprint density at radius 3 is 1.79 bits per heavy atom. The second kappa shape index (κ2) is 16.2. The van der Waals surface area contributed by atoms with Crippen LogP contribution in [0.5, 0.6) is 11.5 Å². The van der Waals surface area contributed by atoms with E-state index in [0.717, 1.165) is 87.0 Å². The van der Waals surface area contributed by atoms with Gasteiger partial charge in [-0.25, -0.2) is 4.39 Å². The van der Waals surface area contributed by atoms with Crippen LogP contribution in [-0.4, -0.2) is 72.5 Å². The molecule has 3 N–H and O–H groups in total. The summed E-state index contributed by atoms with van der Waals surface area (Å²) in [5, 5.41) is 22.9. The molecule has 4 aromatic rings. The molecule has 0 atom stereocenters. The number of phenolic OH excluding ortho intramolecular Hbond substituents is 2. The number of piperazine rings is 2. The molecule has 42 heavy (non-hydrogen) atoms. The molecule has 3 heterocycles. The van der Waals surface area contributed by atoms with Crippen molar-refractivity contribution in [3.05, 3.63) is 103 Å². The highest BCUT2D eigenvalue weighted by Crippen LogP contribution is 2.28. The van der Waals surface area contributed by atoms with Crippen LogP contribution in [0.3, 0.4) is 0 Å². The minimum Gasteiger partial charge on any atom is -0.506 e. The molecule has 2 saturated heterocycles. The molecule has 224 valence electrons. The number of aromatic hydroxyl groups is 2. The van der Waals surface area contributed by atoms with Gasteiger partial charge in [-0.05, 0) is 53.6 Å². The van der Waals surface area contributed by atoms with Crippen molar-refractivity contribution in [1.82, 2.24) is 15.2 Å². The average Bonchev–Trinajstić information content (AvgIpc) is 3.00. The van der Waals surface area contributed by atoms with Crippen molar-refractivity contribution in [1.29, 1.82) is 0 Å². The average molecular weight is 615 g/mol. The molecule has 2 fully saturated rings. The van der Waals surface area contributed by atoms with Crippen molar-refractivity contribution in [3.8, 4) is 22.6 Å². The second-order valence-electron chi connectivity index (χ2n) is 10.1. The van der Waals surface area contributed by atoms with Gasteiger partial charge < -0.3 is 25.3 Å². The molecule has 0 amide bonds. The number of para-hydroxylation sites is 4. The highest BCUT2D eigenvalue weighted by molar-refractivity contribution is 5.85. The molecule has 3 aromatic carbocycles. The monoisotopic (exact) mass is 613 g/mol. The first-order chi connectivity index (χ1) is 19.6. The summed E-state index contributed by atoms with van der Waals surface area (Å²) in [5.41, 5.74) is 4.96. The third-order valence-corrected chi connectivity index (χ3v) is 7.31. The lowest BCUT2D eigenvalue weighted by molar-refractivity contribution is 0.249. The Hall–Kier alpha value is -3.56. The van der Waals surface area contributed by atoms with Gasteiger partial charge in [0.25, 0.3) is 0 Å². The van der Waals surface area contributed by atoms with Gasteiger partial charge in [0.2, 0.25) is 0 Å². The normalized spacial score (nSPS) is 15.1. The Labute approximate surface area is 259 Å². The van der Waals surface area contributed by atoms with Crippen LogP contribution in [0.2, 0.25) is 0 Å². The van der Waals surface area contributed by atoms with Crippen LogP contribution in [0.15, 0.2) is 91.3 Å². The van der Waals surface area contributed by atoms with Gasteiger partial charge in [-0.3, -0.25) is 9.88 Å². The summed E-state index contributed by atoms with van der Waals surface area (Å²) in [5.74, 6) is 0.483. The number of phenols is 2. The van der Waals surface area contributed by atoms with Gasteiger partial charge in [0, 0.05) is 76.9 Å². The van der Waals surface area contributed by atoms with Gasteiger partial charge in [0.05, 0.1) is 11.4 Å². The molecule has 0 radical (unpaired) electrons. The lowest BCUT2D eigenvalue weighted by atomic mass is 10.1. The van der Waals surface area contributed by atoms with Gasteiger partial charge in [-0.2, -0.15) is 0 Å². The van der Waals surface area contributed by atoms with E-state index in [4.69, 9.17) is 0 Å². The zero-order chi connectivity index (χ0) is 27.7. The molecule has 6 rings (SSSR count). The van der Waals surface area contributed by atoms with E-state index >= 15 is 0 Å². The lowest BCUT2D eigenvalue weighted by Gasteiger charge is -2.36. The third kappa shape index (κ3) is 8.72. The second-order valence-corrected chi connectivity index (χ2v) is 10.1. The molecule has 0 aliphatic carbocycles. The van der Waals surface area contributed by atoms with E-state index in [1.165, 1.54) is 12.1 Å². The molecule has 0 spiro atoms. The SMILES string of the molecule is Cl.Cl.Oc1ccccc1N1CCN(Cc2cncc(-c3ccc(F)cc3)c2)CC1.Oc1ccccc1N1CCNCC1. The Morgan fingerprint density at radius 1 is 0.667 bits per heavy atom. The van der Waals surface area contributed by atoms with Crippen molar-refractivity contribution in [2.24, 2.45) is 0 Å². The van der Waals surface area contributed by atoms with Gasteiger partial charge in [-0.15, -0.1) is 24.8 Å². The fourth-order valence-electron chi connectivity index (χ4n) is 5.15. The van der Waals surface area contributed by atoms with Gasteiger partial charge in [0.15, 0.2) is 0 Å². The summed E-state index contributed by atoms with van der Waals surface area (Å²) in [6, 6.07) is 23.6. The molecule has 10 heteroatoms. The van der Waals surface area contributed by atoms with Crippen molar-refractivity contribution in [3.63, 3.8) is 0 Å². The van der Waals surface area contributed by atoms with Crippen molar-refractivity contribution in [2.75, 3.05) is 62.2 Å². The zero-order valence-electron chi connectivity index (χ0n) is 23.4. The molecule has 0 saturated carbocycles. The van der Waals surface area contributed by atoms with E-state index in [0.29, 0.717) is 11.5 Å². The van der Waals surface area contributed by atoms with Crippen LogP contribution < -0.4 is 15.1 Å². The van der Waals surface area contributed by atoms with E-state index < -0.39 is 0 Å². The Bertz CT molecular complexity index is 1380. The van der Waals surface area contributed by atoms with Crippen molar-refractivity contribution < 1.29 is 14.6 Å². The fraction of sp³-hybridized carbons (Fsp3) is 0.281. The van der Waals surface area contributed by atoms with Crippen LogP contribution in [-0.2, 0) is 6.54 Å². The van der Waals surface area contributed by atoms with Crippen molar-refractivity contribution in [2.45, 2.75) is 6.54 Å². The number of aromatic nitrogens is 1. The highest BCUT2D eigenvalue weighted by Gasteiger charge is 2.19. The maximum absolute atomic E-state index is 13.1. The first-order valence-electron chi connectivity index (χ1n) is 13.8. The minimum absolute atomic E-state index is 0. The summed E-state index contributed by atoms with van der Waals surface area (Å²) in [6.07, 6.45) is 3.70. The van der Waals surface area contributed by atoms with Crippen molar-refractivity contribution >= 4 is 36.2 Å². The number of anilines is 2. The number of nitrogens with zero attached hydrogens (tertiary/aromatic N) is 4. The quantitative estimate of drug-likeness (QED) is 0.272. The number of nitrogens with one attached hydrogen (secondary N) is 1. The molecule has 0 unspecified atom stereocenters. The predicted molar refractivity (Wildman–Crippen MR) is 173 cm³/mol. The largest absolute Gasteiger partial charge is 0.506 e. The zero-order valence-corrected chi connectivity index (χ0v) is 25.0. The standard InChI is InChI=1S/C22H22FN3O.C10H14N2O.2ClH/c23-20-7-5-18(6-8-20)19-13-17(14-24-15-19)16-25-9-11-26(12-10-25)21-3-1-2-4-22(21)27;13-10-4-2-1-3-9(10)12-7-5-11-6-8-12;;/h1-8,13-15,27H,9-12,16H2;1-4,11,13H,5-8H2;2*1H. The van der Waals surface area contributed by atoms with Gasteiger partial charge in [0.1, 0.15) is 17.3 Å². The van der Waals surface area contributed by atoms with Gasteiger partial charge in [-0.1, -0.05) is 36.4 Å². The topological polar surface area (TPSA) is 75.1 Å². The van der Waals surface area contributed by atoms with Gasteiger partial charge >= 0.3 is 0 Å². The van der Waals surface area contributed by atoms with Crippen LogP contribution in [0.1, 0.15) is 5.56 Å². The number of benzene rings is 3. The van der Waals surface area contributed by atoms with E-state index in [2.05, 4.69) is 31.1 Å². The Kier molecular flexibility index (Phi) is 12.7. The third-order valence-electron chi connectivity index (χ3n) is 7.31. The van der Waals surface area contributed by atoms with Crippen LogP contribution in [0, 0.1) is 5.82 Å². The number of halogens is 3. The molecule has 7 nitrogen and oxygen atoms in total. The number of rotatable bonds is 5. The molecule has 1 aromatic heterocycles. The summed E-state index contributed by atoms with van der Waals surface area (Å²) in [4.78, 5) is 11.2. The van der Waals surface area contributed by atoms with E-state index in [1.54, 1.807) is 24.3 Å². The summed E-state index contributed by atoms with van der Waals surface area (Å²) in [6.45, 7) is 8.37. The minimum atomic E-state index is -0.231. The van der Waals surface area contributed by atoms with Crippen LogP contribution in [0.4, 0.5) is 15.8 Å². The maximum atomic E-state index is 13.1. The first kappa shape index (κ1) is 32.9. The van der Waals surface area contributed by atoms with E-state index in [-0.39, 0.29) is 30.6 Å². The van der Waals surface area contributed by atoms with E-state index in [9.17, 15) is 14.6 Å². The first-order valence-corrected chi connectivity index (χ1v) is 13.8. The molecular weight excluding hydrogens is 576 g/mol. The predicted octanol–water partition coefficient (Wildman–Crippen LogP) is 5.56. The smallest absolute Gasteiger partial charge is 0.138 e.